The van der Waals surface area contributed by atoms with Crippen LogP contribution in [0, 0.1) is 17.9 Å². The topological polar surface area (TPSA) is 99.2 Å². The van der Waals surface area contributed by atoms with Gasteiger partial charge in [-0.1, -0.05) is 73.7 Å². The van der Waals surface area contributed by atoms with Crippen LogP contribution in [0.3, 0.4) is 0 Å². The van der Waals surface area contributed by atoms with E-state index in [1.807, 2.05) is 6.07 Å². The summed E-state index contributed by atoms with van der Waals surface area (Å²) in [6, 6.07) is 2.02. The Morgan fingerprint density at radius 2 is 1.23 bits per heavy atom. The molecule has 3 rings (SSSR count). The van der Waals surface area contributed by atoms with Crippen LogP contribution in [-0.4, -0.2) is 37.4 Å². The number of benzene rings is 1. The highest BCUT2D eigenvalue weighted by atomic mass is 32.2. The Morgan fingerprint density at radius 1 is 0.800 bits per heavy atom. The smallest absolute Gasteiger partial charge is 0.350 e. The maximum absolute atomic E-state index is 12.7. The number of thioether (sulfide) groups is 4. The largest absolute Gasteiger partial charge is 0.491 e. The highest BCUT2D eigenvalue weighted by Crippen LogP contribution is 2.68. The van der Waals surface area contributed by atoms with Gasteiger partial charge in [-0.3, -0.25) is 4.79 Å². The van der Waals surface area contributed by atoms with Gasteiger partial charge >= 0.3 is 11.9 Å². The number of hydrogen-bond acceptors (Lipinski definition) is 11. The molecule has 214 valence electrons. The highest BCUT2D eigenvalue weighted by Gasteiger charge is 2.40. The van der Waals surface area contributed by atoms with Crippen molar-refractivity contribution in [2.75, 3.05) is 13.2 Å². The molecule has 2 aliphatic rings. The molecule has 0 aromatic heterocycles. The molecule has 0 saturated heterocycles. The average Bonchev–Trinajstić information content (AvgIpc) is 3.50. The molecule has 0 saturated carbocycles. The summed E-state index contributed by atoms with van der Waals surface area (Å²) in [6.45, 7) is 19.7. The van der Waals surface area contributed by atoms with Crippen molar-refractivity contribution in [1.82, 2.24) is 0 Å². The van der Waals surface area contributed by atoms with E-state index in [1.165, 1.54) is 47.0 Å². The first-order valence-corrected chi connectivity index (χ1v) is 16.3. The van der Waals surface area contributed by atoms with Crippen molar-refractivity contribution in [2.24, 2.45) is 0 Å². The minimum absolute atomic E-state index is 0.0632. The summed E-state index contributed by atoms with van der Waals surface area (Å²) < 4.78 is 24.3. The quantitative estimate of drug-likeness (QED) is 0.0744. The molecule has 2 heterocycles. The fourth-order valence-electron chi connectivity index (χ4n) is 3.39. The number of hydrogen-bond donors (Lipinski definition) is 0. The lowest BCUT2D eigenvalue weighted by Crippen LogP contribution is -2.13. The minimum atomic E-state index is -0.672. The highest BCUT2D eigenvalue weighted by molar-refractivity contribution is 8.26. The number of nitriles is 1. The molecule has 12 heteroatoms. The van der Waals surface area contributed by atoms with Crippen molar-refractivity contribution in [3.05, 3.63) is 31.2 Å². The second kappa shape index (κ2) is 15.0. The summed E-state index contributed by atoms with van der Waals surface area (Å²) in [5.41, 5.74) is -0.144. The third-order valence-electron chi connectivity index (χ3n) is 5.21. The van der Waals surface area contributed by atoms with Gasteiger partial charge in [-0.25, -0.2) is 9.64 Å². The van der Waals surface area contributed by atoms with Gasteiger partial charge in [0.1, 0.15) is 17.6 Å². The van der Waals surface area contributed by atoms with Gasteiger partial charge in [-0.2, -0.15) is 5.26 Å². The van der Waals surface area contributed by atoms with Crippen LogP contribution in [0.4, 0.5) is 0 Å². The molecular formula is C28H32N2O6S4. The van der Waals surface area contributed by atoms with Gasteiger partial charge in [-0.05, 0) is 40.5 Å². The van der Waals surface area contributed by atoms with Crippen LogP contribution < -0.4 is 9.47 Å². The second-order valence-corrected chi connectivity index (χ2v) is 13.8. The summed E-state index contributed by atoms with van der Waals surface area (Å²) in [5, 5.41) is 9.85. The average molecular weight is 621 g/mol. The summed E-state index contributed by atoms with van der Waals surface area (Å²) in [7, 11) is 0. The maximum atomic E-state index is 12.7. The van der Waals surface area contributed by atoms with Crippen LogP contribution in [0.15, 0.2) is 39.3 Å². The SMILES string of the molecule is [C-]#[N+]C(C(=O)OC(C)C)=C1Sc2c(OCCCC)c3c(c(OCCCC)c2S1)SC(=C(C#N)C(=O)OC(C)C)S3. The fourth-order valence-corrected chi connectivity index (χ4v) is 8.77. The van der Waals surface area contributed by atoms with E-state index in [4.69, 9.17) is 25.5 Å². The van der Waals surface area contributed by atoms with Gasteiger partial charge in [0.15, 0.2) is 5.57 Å². The molecule has 0 aliphatic carbocycles. The normalized spacial score (nSPS) is 13.4. The van der Waals surface area contributed by atoms with Crippen LogP contribution in [0.25, 0.3) is 4.85 Å². The Labute approximate surface area is 252 Å². The van der Waals surface area contributed by atoms with E-state index in [0.29, 0.717) is 33.2 Å². The molecule has 2 aliphatic heterocycles. The van der Waals surface area contributed by atoms with E-state index < -0.39 is 11.9 Å². The molecule has 1 aromatic carbocycles. The van der Waals surface area contributed by atoms with Crippen molar-refractivity contribution in [1.29, 1.82) is 5.26 Å². The Morgan fingerprint density at radius 3 is 1.60 bits per heavy atom. The van der Waals surface area contributed by atoms with E-state index in [9.17, 15) is 14.9 Å². The summed E-state index contributed by atoms with van der Waals surface area (Å²) in [5.74, 6) is -0.151. The summed E-state index contributed by atoms with van der Waals surface area (Å²) in [4.78, 5) is 32.0. The molecule has 0 fully saturated rings. The molecule has 0 atom stereocenters. The third-order valence-corrected chi connectivity index (χ3v) is 10.4. The number of nitrogens with zero attached hydrogens (tertiary/aromatic N) is 2. The van der Waals surface area contributed by atoms with E-state index in [1.54, 1.807) is 27.7 Å². The zero-order chi connectivity index (χ0) is 29.4. The van der Waals surface area contributed by atoms with E-state index in [-0.39, 0.29) is 23.5 Å². The fraction of sp³-hybridized carbons (Fsp3) is 0.500. The molecule has 1 aromatic rings. The number of unbranched alkanes of at least 4 members (excludes halogenated alkanes) is 2. The van der Waals surface area contributed by atoms with Crippen molar-refractivity contribution < 1.29 is 28.5 Å². The standard InChI is InChI=1S/C28H32N2O6S4/c1-8-10-12-33-19-21-22(38-27(37-21)17(14-29)25(31)35-15(3)4)20(34-13-11-9-2)24-23(19)39-28(40-24)18(30-7)26(32)36-16(5)6/h15-16H,8-13H2,1-6H3. The second-order valence-electron chi connectivity index (χ2n) is 9.22. The number of ether oxygens (including phenoxy) is 4. The van der Waals surface area contributed by atoms with Crippen LogP contribution in [0.1, 0.15) is 67.2 Å². The number of fused-ring (bicyclic) bond motifs is 2. The van der Waals surface area contributed by atoms with Gasteiger partial charge in [-0.15, -0.1) is 0 Å². The predicted molar refractivity (Wildman–Crippen MR) is 159 cm³/mol. The minimum Gasteiger partial charge on any atom is -0.491 e. The Hall–Kier alpha value is -2.38. The first kappa shape index (κ1) is 32.1. The molecule has 0 N–H and O–H groups in total. The van der Waals surface area contributed by atoms with Crippen LogP contribution in [0.2, 0.25) is 0 Å². The number of rotatable bonds is 12. The van der Waals surface area contributed by atoms with Crippen LogP contribution in [-0.2, 0) is 19.1 Å². The van der Waals surface area contributed by atoms with E-state index in [2.05, 4.69) is 18.7 Å². The van der Waals surface area contributed by atoms with Crippen molar-refractivity contribution in [3.63, 3.8) is 0 Å². The van der Waals surface area contributed by atoms with Gasteiger partial charge < -0.3 is 18.9 Å². The molecule has 40 heavy (non-hydrogen) atoms. The maximum Gasteiger partial charge on any atom is 0.350 e. The van der Waals surface area contributed by atoms with E-state index >= 15 is 0 Å². The molecule has 0 unspecified atom stereocenters. The molecular weight excluding hydrogens is 589 g/mol. The molecule has 0 radical (unpaired) electrons. The zero-order valence-electron chi connectivity index (χ0n) is 23.4. The number of esters is 2. The summed E-state index contributed by atoms with van der Waals surface area (Å²) in [6.07, 6.45) is 2.81. The predicted octanol–water partition coefficient (Wildman–Crippen LogP) is 8.17. The van der Waals surface area contributed by atoms with Gasteiger partial charge in [0.2, 0.25) is 0 Å². The Kier molecular flexibility index (Phi) is 12.1. The number of carbonyl (C=O) groups is 2. The van der Waals surface area contributed by atoms with Gasteiger partial charge in [0.05, 0.1) is 60.1 Å². The lowest BCUT2D eigenvalue weighted by atomic mass is 10.3. The summed E-state index contributed by atoms with van der Waals surface area (Å²) >= 11 is 5.14. The number of carbonyl (C=O) groups excluding carboxylic acids is 2. The van der Waals surface area contributed by atoms with Gasteiger partial charge in [0.25, 0.3) is 5.70 Å². The van der Waals surface area contributed by atoms with Crippen LogP contribution >= 0.6 is 47.0 Å². The van der Waals surface area contributed by atoms with Crippen molar-refractivity contribution >= 4 is 59.0 Å². The van der Waals surface area contributed by atoms with E-state index in [0.717, 1.165) is 45.3 Å². The Bertz CT molecular complexity index is 1170. The van der Waals surface area contributed by atoms with Crippen molar-refractivity contribution in [3.8, 4) is 17.6 Å². The van der Waals surface area contributed by atoms with Crippen molar-refractivity contribution in [2.45, 2.75) is 99.0 Å². The van der Waals surface area contributed by atoms with Gasteiger partial charge in [0, 0.05) is 0 Å². The third kappa shape index (κ3) is 7.47. The molecule has 8 nitrogen and oxygen atoms in total. The monoisotopic (exact) mass is 620 g/mol. The molecule has 0 amide bonds. The van der Waals surface area contributed by atoms with Crippen LogP contribution in [0.5, 0.6) is 11.5 Å². The lowest BCUT2D eigenvalue weighted by Gasteiger charge is -2.18. The molecule has 0 bridgehead atoms. The zero-order valence-corrected chi connectivity index (χ0v) is 26.6. The molecule has 0 spiro atoms. The first-order chi connectivity index (χ1) is 19.2. The lowest BCUT2D eigenvalue weighted by molar-refractivity contribution is -0.143. The first-order valence-electron chi connectivity index (χ1n) is 13.1. The Balaban J connectivity index is 2.19.